The van der Waals surface area contributed by atoms with E-state index in [9.17, 15) is 0 Å². The minimum atomic E-state index is 0.843. The summed E-state index contributed by atoms with van der Waals surface area (Å²) in [5.74, 6) is 0.843. The molecule has 0 unspecified atom stereocenters. The number of hydrogen-bond acceptors (Lipinski definition) is 4. The van der Waals surface area contributed by atoms with E-state index >= 15 is 0 Å². The molecule has 0 aliphatic rings. The summed E-state index contributed by atoms with van der Waals surface area (Å²) in [6, 6.07) is 22.5. The second-order valence-electron chi connectivity index (χ2n) is 7.08. The summed E-state index contributed by atoms with van der Waals surface area (Å²) < 4.78 is 5.25. The highest BCUT2D eigenvalue weighted by Gasteiger charge is 2.09. The summed E-state index contributed by atoms with van der Waals surface area (Å²) in [6.07, 6.45) is 3.77. The summed E-state index contributed by atoms with van der Waals surface area (Å²) in [6.45, 7) is 2.03. The summed E-state index contributed by atoms with van der Waals surface area (Å²) in [7, 11) is 1.67. The van der Waals surface area contributed by atoms with Crippen LogP contribution in [-0.4, -0.2) is 22.1 Å². The molecule has 0 radical (unpaired) electrons. The molecule has 2 aromatic carbocycles. The molecule has 0 N–H and O–H groups in total. The Morgan fingerprint density at radius 1 is 0.655 bits per heavy atom. The fourth-order valence-electron chi connectivity index (χ4n) is 3.48. The third-order valence-corrected chi connectivity index (χ3v) is 5.11. The molecule has 0 amide bonds. The van der Waals surface area contributed by atoms with E-state index < -0.39 is 0 Å². The lowest BCUT2D eigenvalue weighted by molar-refractivity contribution is 0.415. The molecule has 5 aromatic rings. The average molecular weight is 377 g/mol. The van der Waals surface area contributed by atoms with Gasteiger partial charge >= 0.3 is 0 Å². The van der Waals surface area contributed by atoms with Crippen LogP contribution in [0.5, 0.6) is 5.75 Å². The maximum absolute atomic E-state index is 5.25. The van der Waals surface area contributed by atoms with Gasteiger partial charge in [0, 0.05) is 28.7 Å². The zero-order valence-electron chi connectivity index (χ0n) is 16.3. The van der Waals surface area contributed by atoms with Crippen molar-refractivity contribution in [3.05, 3.63) is 84.7 Å². The van der Waals surface area contributed by atoms with Crippen LogP contribution in [0.3, 0.4) is 0 Å². The molecular formula is C25H19N3O. The highest BCUT2D eigenvalue weighted by atomic mass is 16.5. The van der Waals surface area contributed by atoms with Crippen LogP contribution in [0.2, 0.25) is 0 Å². The Bertz CT molecular complexity index is 1330. The fraction of sp³-hybridized carbons (Fsp3) is 0.0800. The summed E-state index contributed by atoms with van der Waals surface area (Å²) >= 11 is 0. The van der Waals surface area contributed by atoms with Crippen LogP contribution in [0.15, 0.2) is 79.1 Å². The van der Waals surface area contributed by atoms with Crippen molar-refractivity contribution in [2.24, 2.45) is 0 Å². The summed E-state index contributed by atoms with van der Waals surface area (Å²) in [4.78, 5) is 14.2. The van der Waals surface area contributed by atoms with E-state index in [2.05, 4.69) is 35.3 Å². The molecule has 0 atom stereocenters. The second-order valence-corrected chi connectivity index (χ2v) is 7.08. The number of pyridine rings is 3. The Balaban J connectivity index is 1.63. The normalized spacial score (nSPS) is 11.1. The molecule has 0 aliphatic carbocycles. The van der Waals surface area contributed by atoms with E-state index in [1.54, 1.807) is 7.11 Å². The zero-order valence-corrected chi connectivity index (χ0v) is 16.3. The molecule has 0 fully saturated rings. The minimum Gasteiger partial charge on any atom is -0.497 e. The van der Waals surface area contributed by atoms with Gasteiger partial charge in [-0.25, -0.2) is 4.98 Å². The van der Waals surface area contributed by atoms with Gasteiger partial charge in [0.1, 0.15) is 5.75 Å². The van der Waals surface area contributed by atoms with Crippen LogP contribution in [0.1, 0.15) is 5.56 Å². The molecule has 0 spiro atoms. The van der Waals surface area contributed by atoms with E-state index in [4.69, 9.17) is 14.7 Å². The molecular weight excluding hydrogens is 358 g/mol. The second kappa shape index (κ2) is 6.99. The van der Waals surface area contributed by atoms with Crippen LogP contribution < -0.4 is 4.74 Å². The molecule has 140 valence electrons. The molecule has 0 bridgehead atoms. The van der Waals surface area contributed by atoms with Gasteiger partial charge in [-0.05, 0) is 48.4 Å². The van der Waals surface area contributed by atoms with Crippen molar-refractivity contribution in [1.29, 1.82) is 0 Å². The molecule has 5 rings (SSSR count). The molecule has 3 heterocycles. The molecule has 4 heteroatoms. The maximum atomic E-state index is 5.25. The Morgan fingerprint density at radius 3 is 2.17 bits per heavy atom. The maximum Gasteiger partial charge on any atom is 0.118 e. The van der Waals surface area contributed by atoms with E-state index in [-0.39, 0.29) is 0 Å². The van der Waals surface area contributed by atoms with E-state index in [1.807, 2.05) is 55.7 Å². The van der Waals surface area contributed by atoms with Crippen LogP contribution in [0.4, 0.5) is 0 Å². The molecule has 4 nitrogen and oxygen atoms in total. The SMILES string of the molecule is COc1ccc(-c2cnc3c(ccc4ccc(-c5ccc(C)cn5)nc43)c2)cc1. The van der Waals surface area contributed by atoms with Gasteiger partial charge in [0.2, 0.25) is 0 Å². The predicted molar refractivity (Wildman–Crippen MR) is 117 cm³/mol. The van der Waals surface area contributed by atoms with Crippen molar-refractivity contribution in [2.45, 2.75) is 6.92 Å². The van der Waals surface area contributed by atoms with Gasteiger partial charge in [-0.2, -0.15) is 0 Å². The van der Waals surface area contributed by atoms with Crippen molar-refractivity contribution in [3.63, 3.8) is 0 Å². The third kappa shape index (κ3) is 3.19. The number of nitrogens with zero attached hydrogens (tertiary/aromatic N) is 3. The lowest BCUT2D eigenvalue weighted by Gasteiger charge is -2.08. The highest BCUT2D eigenvalue weighted by Crippen LogP contribution is 2.29. The van der Waals surface area contributed by atoms with Crippen molar-refractivity contribution in [3.8, 4) is 28.3 Å². The highest BCUT2D eigenvalue weighted by molar-refractivity contribution is 6.04. The number of benzene rings is 2. The average Bonchev–Trinajstić information content (AvgIpc) is 2.79. The summed E-state index contributed by atoms with van der Waals surface area (Å²) in [5.41, 5.74) is 6.81. The van der Waals surface area contributed by atoms with Crippen LogP contribution in [0.25, 0.3) is 44.3 Å². The molecule has 0 saturated heterocycles. The topological polar surface area (TPSA) is 47.9 Å². The lowest BCUT2D eigenvalue weighted by atomic mass is 10.0. The number of hydrogen-bond donors (Lipinski definition) is 0. The number of fused-ring (bicyclic) bond motifs is 3. The number of aromatic nitrogens is 3. The Labute approximate surface area is 168 Å². The van der Waals surface area contributed by atoms with Gasteiger partial charge in [0.05, 0.1) is 29.5 Å². The number of aryl methyl sites for hydroxylation is 1. The predicted octanol–water partition coefficient (Wildman–Crippen LogP) is 5.83. The largest absolute Gasteiger partial charge is 0.497 e. The van der Waals surface area contributed by atoms with E-state index in [0.29, 0.717) is 0 Å². The first-order valence-electron chi connectivity index (χ1n) is 9.48. The Kier molecular flexibility index (Phi) is 4.17. The molecule has 0 saturated carbocycles. The zero-order chi connectivity index (χ0) is 19.8. The first-order chi connectivity index (χ1) is 14.2. The molecule has 0 aliphatic heterocycles. The standard InChI is InChI=1S/C25H19N3O/c1-16-3-11-22(26-14-16)23-12-8-18-4-5-19-13-20(15-27-24(19)25(18)28-23)17-6-9-21(29-2)10-7-17/h3-15H,1-2H3. The van der Waals surface area contributed by atoms with E-state index in [1.165, 1.54) is 0 Å². The van der Waals surface area contributed by atoms with Crippen LogP contribution in [-0.2, 0) is 0 Å². The van der Waals surface area contributed by atoms with E-state index in [0.717, 1.165) is 55.6 Å². The van der Waals surface area contributed by atoms with Gasteiger partial charge in [-0.15, -0.1) is 0 Å². The van der Waals surface area contributed by atoms with Gasteiger partial charge in [-0.1, -0.05) is 36.4 Å². The van der Waals surface area contributed by atoms with Crippen molar-refractivity contribution < 1.29 is 4.74 Å². The number of ether oxygens (including phenoxy) is 1. The van der Waals surface area contributed by atoms with Gasteiger partial charge in [0.15, 0.2) is 0 Å². The molecule has 29 heavy (non-hydrogen) atoms. The first kappa shape index (κ1) is 17.3. The van der Waals surface area contributed by atoms with Crippen molar-refractivity contribution in [1.82, 2.24) is 15.0 Å². The monoisotopic (exact) mass is 377 g/mol. The number of methoxy groups -OCH3 is 1. The van der Waals surface area contributed by atoms with Crippen molar-refractivity contribution >= 4 is 21.8 Å². The Morgan fingerprint density at radius 2 is 1.41 bits per heavy atom. The molecule has 3 aromatic heterocycles. The smallest absolute Gasteiger partial charge is 0.118 e. The fourth-order valence-corrected chi connectivity index (χ4v) is 3.48. The minimum absolute atomic E-state index is 0.843. The summed E-state index contributed by atoms with van der Waals surface area (Å²) in [5, 5.41) is 2.13. The van der Waals surface area contributed by atoms with Crippen LogP contribution in [0, 0.1) is 6.92 Å². The van der Waals surface area contributed by atoms with Gasteiger partial charge in [-0.3, -0.25) is 9.97 Å². The Hall–Kier alpha value is -3.79. The van der Waals surface area contributed by atoms with Crippen LogP contribution >= 0.6 is 0 Å². The van der Waals surface area contributed by atoms with Gasteiger partial charge < -0.3 is 4.74 Å². The third-order valence-electron chi connectivity index (χ3n) is 5.11. The lowest BCUT2D eigenvalue weighted by Crippen LogP contribution is -1.91. The van der Waals surface area contributed by atoms with Crippen molar-refractivity contribution in [2.75, 3.05) is 7.11 Å². The first-order valence-corrected chi connectivity index (χ1v) is 9.48. The van der Waals surface area contributed by atoms with Gasteiger partial charge in [0.25, 0.3) is 0 Å². The number of rotatable bonds is 3. The quantitative estimate of drug-likeness (QED) is 0.371.